The second-order valence-electron chi connectivity index (χ2n) is 7.34. The third-order valence-corrected chi connectivity index (χ3v) is 6.67. The summed E-state index contributed by atoms with van der Waals surface area (Å²) in [7, 11) is -4.00. The number of amides is 1. The first kappa shape index (κ1) is 21.8. The van der Waals surface area contributed by atoms with E-state index >= 15 is 0 Å². The topological polar surface area (TPSA) is 69.7 Å². The van der Waals surface area contributed by atoms with E-state index in [1.54, 1.807) is 41.3 Å². The van der Waals surface area contributed by atoms with Crippen LogP contribution in [0.3, 0.4) is 0 Å². The summed E-state index contributed by atoms with van der Waals surface area (Å²) in [6, 6.07) is 17.2. The molecule has 6 nitrogen and oxygen atoms in total. The molecule has 1 heterocycles. The van der Waals surface area contributed by atoms with Gasteiger partial charge in [0.05, 0.1) is 21.8 Å². The lowest BCUT2D eigenvalue weighted by atomic mass is 10.1. The number of benzene rings is 3. The Morgan fingerprint density at radius 3 is 2.12 bits per heavy atom. The number of carbonyl (C=O) groups excluding carboxylic acids is 1. The Labute approximate surface area is 185 Å². The van der Waals surface area contributed by atoms with E-state index in [1.807, 2.05) is 4.90 Å². The highest BCUT2D eigenvalue weighted by Crippen LogP contribution is 2.24. The van der Waals surface area contributed by atoms with Crippen LogP contribution in [0.1, 0.15) is 10.4 Å². The molecule has 32 heavy (non-hydrogen) atoms. The number of anilines is 2. The predicted molar refractivity (Wildman–Crippen MR) is 118 cm³/mol. The van der Waals surface area contributed by atoms with E-state index in [4.69, 9.17) is 0 Å². The minimum absolute atomic E-state index is 0.111. The summed E-state index contributed by atoms with van der Waals surface area (Å²) in [4.78, 5) is 16.5. The Morgan fingerprint density at radius 2 is 1.44 bits per heavy atom. The summed E-state index contributed by atoms with van der Waals surface area (Å²) < 4.78 is 55.0. The van der Waals surface area contributed by atoms with Crippen LogP contribution in [-0.4, -0.2) is 45.4 Å². The summed E-state index contributed by atoms with van der Waals surface area (Å²) >= 11 is 0. The van der Waals surface area contributed by atoms with Crippen molar-refractivity contribution in [3.8, 4) is 0 Å². The number of carbonyl (C=O) groups is 1. The molecular weight excluding hydrogens is 436 g/mol. The Morgan fingerprint density at radius 1 is 0.812 bits per heavy atom. The minimum Gasteiger partial charge on any atom is -0.366 e. The van der Waals surface area contributed by atoms with Crippen molar-refractivity contribution in [2.75, 3.05) is 35.8 Å². The first-order valence-corrected chi connectivity index (χ1v) is 11.5. The summed E-state index contributed by atoms with van der Waals surface area (Å²) in [5.74, 6) is -1.18. The van der Waals surface area contributed by atoms with Gasteiger partial charge in [0.15, 0.2) is 0 Å². The fraction of sp³-hybridized carbons (Fsp3) is 0.174. The van der Waals surface area contributed by atoms with Crippen LogP contribution in [0.15, 0.2) is 77.7 Å². The molecule has 166 valence electrons. The van der Waals surface area contributed by atoms with Gasteiger partial charge in [-0.05, 0) is 48.5 Å². The van der Waals surface area contributed by atoms with Crippen molar-refractivity contribution in [1.29, 1.82) is 0 Å². The molecule has 0 bridgehead atoms. The van der Waals surface area contributed by atoms with Crippen molar-refractivity contribution in [3.63, 3.8) is 0 Å². The molecule has 1 fully saturated rings. The van der Waals surface area contributed by atoms with Gasteiger partial charge >= 0.3 is 0 Å². The van der Waals surface area contributed by atoms with Crippen LogP contribution in [0, 0.1) is 11.6 Å². The second-order valence-corrected chi connectivity index (χ2v) is 9.02. The van der Waals surface area contributed by atoms with Gasteiger partial charge in [-0.15, -0.1) is 0 Å². The maximum absolute atomic E-state index is 14.1. The number of halogens is 2. The van der Waals surface area contributed by atoms with E-state index < -0.39 is 15.8 Å². The van der Waals surface area contributed by atoms with Crippen molar-refractivity contribution >= 4 is 27.3 Å². The van der Waals surface area contributed by atoms with E-state index in [1.165, 1.54) is 12.1 Å². The average molecular weight is 458 g/mol. The Balaban J connectivity index is 1.50. The fourth-order valence-electron chi connectivity index (χ4n) is 3.61. The third kappa shape index (κ3) is 4.57. The van der Waals surface area contributed by atoms with Crippen LogP contribution in [0.4, 0.5) is 20.2 Å². The number of nitrogens with zero attached hydrogens (tertiary/aromatic N) is 2. The zero-order valence-electron chi connectivity index (χ0n) is 17.0. The predicted octanol–water partition coefficient (Wildman–Crippen LogP) is 3.73. The number of nitrogens with one attached hydrogen (secondary N) is 1. The molecule has 0 radical (unpaired) electrons. The van der Waals surface area contributed by atoms with E-state index in [2.05, 4.69) is 4.72 Å². The lowest BCUT2D eigenvalue weighted by molar-refractivity contribution is 0.0747. The molecule has 9 heteroatoms. The van der Waals surface area contributed by atoms with E-state index in [0.717, 1.165) is 24.3 Å². The van der Waals surface area contributed by atoms with Crippen LogP contribution < -0.4 is 9.62 Å². The van der Waals surface area contributed by atoms with Crippen LogP contribution >= 0.6 is 0 Å². The monoisotopic (exact) mass is 457 g/mol. The maximum Gasteiger partial charge on any atom is 0.261 e. The number of sulfonamides is 1. The molecule has 4 rings (SSSR count). The standard InChI is InChI=1S/C23H21F2N3O3S/c24-17-9-11-18(12-10-17)32(30,31)26-21-7-3-1-5-19(21)23(29)28-15-13-27(14-16-28)22-8-4-2-6-20(22)25/h1-12,26H,13-16H2. The Hall–Kier alpha value is -3.46. The number of rotatable bonds is 5. The maximum atomic E-state index is 14.1. The van der Waals surface area contributed by atoms with Crippen molar-refractivity contribution in [2.24, 2.45) is 0 Å². The number of hydrogen-bond acceptors (Lipinski definition) is 4. The third-order valence-electron chi connectivity index (χ3n) is 5.29. The normalized spacial score (nSPS) is 14.3. The molecular formula is C23H21F2N3O3S. The van der Waals surface area contributed by atoms with Gasteiger partial charge in [0.2, 0.25) is 0 Å². The molecule has 1 amide bonds. The summed E-state index contributed by atoms with van der Waals surface area (Å²) in [6.45, 7) is 1.64. The first-order valence-electron chi connectivity index (χ1n) is 10.0. The van der Waals surface area contributed by atoms with Gasteiger partial charge in [-0.2, -0.15) is 0 Å². The lowest BCUT2D eigenvalue weighted by Gasteiger charge is -2.36. The molecule has 1 N–H and O–H groups in total. The average Bonchev–Trinajstić information content (AvgIpc) is 2.79. The smallest absolute Gasteiger partial charge is 0.261 e. The Bertz CT molecular complexity index is 1230. The van der Waals surface area contributed by atoms with Crippen molar-refractivity contribution < 1.29 is 22.0 Å². The Kier molecular flexibility index (Phi) is 6.09. The van der Waals surface area contributed by atoms with E-state index in [-0.39, 0.29) is 27.9 Å². The van der Waals surface area contributed by atoms with Gasteiger partial charge in [-0.25, -0.2) is 17.2 Å². The molecule has 0 aliphatic carbocycles. The zero-order chi connectivity index (χ0) is 22.7. The van der Waals surface area contributed by atoms with Crippen molar-refractivity contribution in [1.82, 2.24) is 4.90 Å². The van der Waals surface area contributed by atoms with Crippen LogP contribution in [0.25, 0.3) is 0 Å². The molecule has 0 atom stereocenters. The van der Waals surface area contributed by atoms with Gasteiger partial charge in [0.25, 0.3) is 15.9 Å². The van der Waals surface area contributed by atoms with Crippen LogP contribution in [0.2, 0.25) is 0 Å². The van der Waals surface area contributed by atoms with Crippen molar-refractivity contribution in [2.45, 2.75) is 4.90 Å². The van der Waals surface area contributed by atoms with Crippen LogP contribution in [-0.2, 0) is 10.0 Å². The molecule has 1 saturated heterocycles. The van der Waals surface area contributed by atoms with E-state index in [9.17, 15) is 22.0 Å². The highest BCUT2D eigenvalue weighted by molar-refractivity contribution is 7.92. The van der Waals surface area contributed by atoms with Gasteiger partial charge < -0.3 is 9.80 Å². The van der Waals surface area contributed by atoms with Gasteiger partial charge in [-0.3, -0.25) is 9.52 Å². The zero-order valence-corrected chi connectivity index (χ0v) is 17.9. The summed E-state index contributed by atoms with van der Waals surface area (Å²) in [5.41, 5.74) is 0.836. The molecule has 0 spiro atoms. The molecule has 0 aromatic heterocycles. The quantitative estimate of drug-likeness (QED) is 0.634. The second kappa shape index (κ2) is 8.96. The highest BCUT2D eigenvalue weighted by atomic mass is 32.2. The van der Waals surface area contributed by atoms with E-state index in [0.29, 0.717) is 31.9 Å². The summed E-state index contributed by atoms with van der Waals surface area (Å²) in [5, 5.41) is 0. The SMILES string of the molecule is O=C(c1ccccc1NS(=O)(=O)c1ccc(F)cc1)N1CCN(c2ccccc2F)CC1. The lowest BCUT2D eigenvalue weighted by Crippen LogP contribution is -2.49. The summed E-state index contributed by atoms with van der Waals surface area (Å²) in [6.07, 6.45) is 0. The molecule has 3 aromatic carbocycles. The number of para-hydroxylation sites is 2. The van der Waals surface area contributed by atoms with Crippen LogP contribution in [0.5, 0.6) is 0 Å². The highest BCUT2D eigenvalue weighted by Gasteiger charge is 2.26. The first-order chi connectivity index (χ1) is 15.3. The van der Waals surface area contributed by atoms with Crippen molar-refractivity contribution in [3.05, 3.63) is 90.0 Å². The van der Waals surface area contributed by atoms with Gasteiger partial charge in [-0.1, -0.05) is 24.3 Å². The molecule has 1 aliphatic heterocycles. The molecule has 1 aliphatic rings. The van der Waals surface area contributed by atoms with Gasteiger partial charge in [0, 0.05) is 26.2 Å². The fourth-order valence-corrected chi connectivity index (χ4v) is 4.68. The molecule has 0 unspecified atom stereocenters. The molecule has 3 aromatic rings. The largest absolute Gasteiger partial charge is 0.366 e. The number of hydrogen-bond donors (Lipinski definition) is 1. The number of piperazine rings is 1. The molecule has 0 saturated carbocycles. The van der Waals surface area contributed by atoms with Gasteiger partial charge in [0.1, 0.15) is 11.6 Å². The minimum atomic E-state index is -4.00.